The lowest BCUT2D eigenvalue weighted by Crippen LogP contribution is -2.32. The fourth-order valence-corrected chi connectivity index (χ4v) is 10.4. The van der Waals surface area contributed by atoms with Gasteiger partial charge in [-0.1, -0.05) is 182 Å². The minimum atomic E-state index is -0.570. The highest BCUT2D eigenvalue weighted by molar-refractivity contribution is 6.20. The molecule has 11 aromatic rings. The molecule has 0 fully saturated rings. The number of para-hydroxylation sites is 1. The van der Waals surface area contributed by atoms with E-state index < -0.39 is 5.41 Å². The van der Waals surface area contributed by atoms with Crippen molar-refractivity contribution in [1.82, 2.24) is 9.97 Å². The molecule has 0 bridgehead atoms. The standard InChI is InChI=1S/C59H36N2O/c1-2-15-40(16-3-1)58-60-53(38-26-28-39(29-27-38)57-44-19-7-5-17-41(44)34-48-43-18-6-4-14-37(43)30-32-47(48)57)36-54(61-58)42-31-33-56-52(35-42)59(51-24-12-13-25-55(51)62-56)49-22-10-8-20-45(49)46-21-9-11-23-50(46)59/h1-36H. The van der Waals surface area contributed by atoms with Crippen LogP contribution in [0.2, 0.25) is 0 Å². The smallest absolute Gasteiger partial charge is 0.160 e. The Hall–Kier alpha value is -8.14. The number of ether oxygens (including phenoxy) is 1. The summed E-state index contributed by atoms with van der Waals surface area (Å²) >= 11 is 0. The molecule has 0 amide bonds. The molecule has 0 saturated heterocycles. The van der Waals surface area contributed by atoms with E-state index in [0.29, 0.717) is 5.82 Å². The number of rotatable bonds is 4. The van der Waals surface area contributed by atoms with Gasteiger partial charge in [0, 0.05) is 27.8 Å². The Bertz CT molecular complexity index is 3560. The summed E-state index contributed by atoms with van der Waals surface area (Å²) in [5.74, 6) is 2.41. The molecule has 1 aliphatic heterocycles. The SMILES string of the molecule is c1ccc(-c2nc(-c3ccc(-c4c5ccccc5cc5c4ccc4ccccc45)cc3)cc(-c3ccc4c(c3)C3(c5ccccc5O4)c4ccccc4-c4ccccc43)n2)cc1. The van der Waals surface area contributed by atoms with E-state index in [2.05, 4.69) is 200 Å². The minimum Gasteiger partial charge on any atom is -0.457 e. The van der Waals surface area contributed by atoms with Gasteiger partial charge >= 0.3 is 0 Å². The van der Waals surface area contributed by atoms with Gasteiger partial charge in [0.2, 0.25) is 0 Å². The Morgan fingerprint density at radius 3 is 1.68 bits per heavy atom. The third-order valence-electron chi connectivity index (χ3n) is 13.1. The van der Waals surface area contributed by atoms with Crippen molar-refractivity contribution in [2.45, 2.75) is 5.41 Å². The summed E-state index contributed by atoms with van der Waals surface area (Å²) in [5.41, 5.74) is 13.8. The Kier molecular flexibility index (Phi) is 7.52. The van der Waals surface area contributed by atoms with Gasteiger partial charge in [-0.15, -0.1) is 0 Å². The molecular formula is C59H36N2O. The van der Waals surface area contributed by atoms with Crippen LogP contribution in [0.25, 0.3) is 88.5 Å². The van der Waals surface area contributed by atoms with Gasteiger partial charge in [-0.25, -0.2) is 9.97 Å². The van der Waals surface area contributed by atoms with E-state index in [1.165, 1.54) is 65.7 Å². The van der Waals surface area contributed by atoms with Gasteiger partial charge in [0.05, 0.1) is 16.8 Å². The van der Waals surface area contributed by atoms with Crippen molar-refractivity contribution in [3.63, 3.8) is 0 Å². The second-order valence-corrected chi connectivity index (χ2v) is 16.4. The summed E-state index contributed by atoms with van der Waals surface area (Å²) in [6, 6.07) is 78.4. The molecule has 62 heavy (non-hydrogen) atoms. The van der Waals surface area contributed by atoms with E-state index in [0.717, 1.165) is 50.7 Å². The predicted molar refractivity (Wildman–Crippen MR) is 254 cm³/mol. The molecule has 1 aliphatic carbocycles. The maximum atomic E-state index is 6.76. The summed E-state index contributed by atoms with van der Waals surface area (Å²) in [5, 5.41) is 7.49. The first-order valence-corrected chi connectivity index (χ1v) is 21.2. The molecule has 2 aliphatic rings. The molecule has 0 unspecified atom stereocenters. The molecule has 3 nitrogen and oxygen atoms in total. The molecule has 0 radical (unpaired) electrons. The van der Waals surface area contributed by atoms with Gasteiger partial charge in [0.15, 0.2) is 5.82 Å². The number of hydrogen-bond acceptors (Lipinski definition) is 3. The second kappa shape index (κ2) is 13.4. The summed E-state index contributed by atoms with van der Waals surface area (Å²) in [6.45, 7) is 0. The average molecular weight is 789 g/mol. The third kappa shape index (κ3) is 5.06. The first-order chi connectivity index (χ1) is 30.7. The monoisotopic (exact) mass is 788 g/mol. The third-order valence-corrected chi connectivity index (χ3v) is 13.1. The van der Waals surface area contributed by atoms with Gasteiger partial charge in [-0.2, -0.15) is 0 Å². The molecular weight excluding hydrogens is 753 g/mol. The van der Waals surface area contributed by atoms with Crippen LogP contribution in [0.15, 0.2) is 218 Å². The van der Waals surface area contributed by atoms with Crippen LogP contribution in [0, 0.1) is 0 Å². The molecule has 288 valence electrons. The fraction of sp³-hybridized carbons (Fsp3) is 0.0169. The van der Waals surface area contributed by atoms with E-state index in [9.17, 15) is 0 Å². The predicted octanol–water partition coefficient (Wildman–Crippen LogP) is 15.1. The van der Waals surface area contributed by atoms with Gasteiger partial charge in [-0.3, -0.25) is 0 Å². The zero-order chi connectivity index (χ0) is 40.8. The van der Waals surface area contributed by atoms with Gasteiger partial charge < -0.3 is 4.74 Å². The average Bonchev–Trinajstić information content (AvgIpc) is 3.64. The number of aromatic nitrogens is 2. The first-order valence-electron chi connectivity index (χ1n) is 21.2. The zero-order valence-electron chi connectivity index (χ0n) is 33.6. The minimum absolute atomic E-state index is 0.570. The Morgan fingerprint density at radius 2 is 0.903 bits per heavy atom. The molecule has 10 aromatic carbocycles. The summed E-state index contributed by atoms with van der Waals surface area (Å²) < 4.78 is 6.76. The van der Waals surface area contributed by atoms with Crippen molar-refractivity contribution in [2.24, 2.45) is 0 Å². The largest absolute Gasteiger partial charge is 0.457 e. The van der Waals surface area contributed by atoms with Crippen molar-refractivity contribution in [3.8, 4) is 67.7 Å². The van der Waals surface area contributed by atoms with E-state index in [1.54, 1.807) is 0 Å². The fourth-order valence-electron chi connectivity index (χ4n) is 10.4. The van der Waals surface area contributed by atoms with Crippen LogP contribution in [-0.2, 0) is 5.41 Å². The topological polar surface area (TPSA) is 35.0 Å². The molecule has 0 atom stereocenters. The Balaban J connectivity index is 0.989. The Morgan fingerprint density at radius 1 is 0.323 bits per heavy atom. The van der Waals surface area contributed by atoms with E-state index in [1.807, 2.05) is 18.2 Å². The lowest BCUT2D eigenvalue weighted by Gasteiger charge is -2.39. The lowest BCUT2D eigenvalue weighted by molar-refractivity contribution is 0.436. The molecule has 0 N–H and O–H groups in total. The van der Waals surface area contributed by atoms with E-state index in [-0.39, 0.29) is 0 Å². The second-order valence-electron chi connectivity index (χ2n) is 16.4. The molecule has 3 heteroatoms. The number of nitrogens with zero attached hydrogens (tertiary/aromatic N) is 2. The van der Waals surface area contributed by atoms with Crippen molar-refractivity contribution < 1.29 is 4.74 Å². The van der Waals surface area contributed by atoms with Crippen LogP contribution in [-0.4, -0.2) is 9.97 Å². The van der Waals surface area contributed by atoms with Gasteiger partial charge in [0.25, 0.3) is 0 Å². The van der Waals surface area contributed by atoms with E-state index >= 15 is 0 Å². The summed E-state index contributed by atoms with van der Waals surface area (Å²) in [7, 11) is 0. The molecule has 13 rings (SSSR count). The van der Waals surface area contributed by atoms with Crippen molar-refractivity contribution in [3.05, 3.63) is 241 Å². The number of benzene rings is 10. The molecule has 0 saturated carbocycles. The lowest BCUT2D eigenvalue weighted by atomic mass is 9.66. The van der Waals surface area contributed by atoms with E-state index in [4.69, 9.17) is 14.7 Å². The molecule has 2 heterocycles. The number of fused-ring (bicyclic) bond motifs is 13. The Labute approximate surface area is 359 Å². The number of hydrogen-bond donors (Lipinski definition) is 0. The van der Waals surface area contributed by atoms with Gasteiger partial charge in [0.1, 0.15) is 11.5 Å². The normalized spacial score (nSPS) is 13.1. The highest BCUT2D eigenvalue weighted by Crippen LogP contribution is 2.62. The van der Waals surface area contributed by atoms with Gasteiger partial charge in [-0.05, 0) is 102 Å². The zero-order valence-corrected chi connectivity index (χ0v) is 33.6. The highest BCUT2D eigenvalue weighted by atomic mass is 16.5. The summed E-state index contributed by atoms with van der Waals surface area (Å²) in [6.07, 6.45) is 0. The van der Waals surface area contributed by atoms with Crippen LogP contribution >= 0.6 is 0 Å². The quantitative estimate of drug-likeness (QED) is 0.132. The van der Waals surface area contributed by atoms with Crippen LogP contribution in [0.4, 0.5) is 0 Å². The maximum Gasteiger partial charge on any atom is 0.160 e. The first kappa shape index (κ1) is 34.7. The molecule has 1 spiro atoms. The van der Waals surface area contributed by atoms with Crippen molar-refractivity contribution in [1.29, 1.82) is 0 Å². The molecule has 1 aromatic heterocycles. The van der Waals surface area contributed by atoms with Crippen molar-refractivity contribution >= 4 is 32.3 Å². The van der Waals surface area contributed by atoms with Crippen LogP contribution < -0.4 is 4.74 Å². The van der Waals surface area contributed by atoms with Crippen LogP contribution in [0.3, 0.4) is 0 Å². The van der Waals surface area contributed by atoms with Crippen molar-refractivity contribution in [2.75, 3.05) is 0 Å². The maximum absolute atomic E-state index is 6.76. The highest BCUT2D eigenvalue weighted by Gasteiger charge is 2.51. The van der Waals surface area contributed by atoms with Crippen LogP contribution in [0.5, 0.6) is 11.5 Å². The van der Waals surface area contributed by atoms with Crippen LogP contribution in [0.1, 0.15) is 22.3 Å². The summed E-state index contributed by atoms with van der Waals surface area (Å²) in [4.78, 5) is 10.6.